The van der Waals surface area contributed by atoms with E-state index in [1.165, 1.54) is 18.6 Å². The van der Waals surface area contributed by atoms with Gasteiger partial charge in [0.1, 0.15) is 17.8 Å². The van der Waals surface area contributed by atoms with Crippen molar-refractivity contribution in [3.05, 3.63) is 36.8 Å². The summed E-state index contributed by atoms with van der Waals surface area (Å²) in [6.45, 7) is 6.55. The number of nitrogens with zero attached hydrogens (tertiary/aromatic N) is 7. The molecule has 0 aromatic carbocycles. The molecule has 1 aliphatic heterocycles. The van der Waals surface area contributed by atoms with Gasteiger partial charge in [-0.1, -0.05) is 0 Å². The molecule has 28 heavy (non-hydrogen) atoms. The van der Waals surface area contributed by atoms with E-state index in [9.17, 15) is 4.79 Å². The average Bonchev–Trinajstić information content (AvgIpc) is 3.11. The van der Waals surface area contributed by atoms with Crippen LogP contribution >= 0.6 is 0 Å². The summed E-state index contributed by atoms with van der Waals surface area (Å²) in [4.78, 5) is 31.0. The van der Waals surface area contributed by atoms with Gasteiger partial charge in [-0.25, -0.2) is 19.6 Å². The van der Waals surface area contributed by atoms with Crippen molar-refractivity contribution in [2.24, 2.45) is 0 Å². The Bertz CT molecular complexity index is 951. The molecule has 3 aromatic rings. The Kier molecular flexibility index (Phi) is 5.11. The van der Waals surface area contributed by atoms with Gasteiger partial charge in [-0.3, -0.25) is 9.78 Å². The van der Waals surface area contributed by atoms with Gasteiger partial charge in [0.25, 0.3) is 5.91 Å². The van der Waals surface area contributed by atoms with Gasteiger partial charge in [-0.05, 0) is 13.8 Å². The van der Waals surface area contributed by atoms with Crippen molar-refractivity contribution < 1.29 is 9.53 Å². The molecule has 0 spiro atoms. The highest BCUT2D eigenvalue weighted by atomic mass is 16.5. The maximum atomic E-state index is 12.1. The highest BCUT2D eigenvalue weighted by Crippen LogP contribution is 2.25. The summed E-state index contributed by atoms with van der Waals surface area (Å²) in [6.07, 6.45) is 8.06. The highest BCUT2D eigenvalue weighted by molar-refractivity contribution is 5.91. The minimum atomic E-state index is -0.267. The number of morpholine rings is 1. The lowest BCUT2D eigenvalue weighted by Gasteiger charge is -2.36. The van der Waals surface area contributed by atoms with Gasteiger partial charge in [-0.2, -0.15) is 5.10 Å². The van der Waals surface area contributed by atoms with Crippen molar-refractivity contribution in [2.45, 2.75) is 32.6 Å². The van der Waals surface area contributed by atoms with Gasteiger partial charge in [0.15, 0.2) is 5.65 Å². The van der Waals surface area contributed by atoms with Crippen molar-refractivity contribution in [1.82, 2.24) is 35.0 Å². The van der Waals surface area contributed by atoms with Gasteiger partial charge < -0.3 is 15.0 Å². The molecule has 4 rings (SSSR count). The van der Waals surface area contributed by atoms with Gasteiger partial charge in [0, 0.05) is 32.0 Å². The van der Waals surface area contributed by atoms with Crippen LogP contribution in [0.1, 0.15) is 24.3 Å². The lowest BCUT2D eigenvalue weighted by molar-refractivity contribution is -0.00537. The number of hydrogen-bond donors (Lipinski definition) is 1. The van der Waals surface area contributed by atoms with Crippen LogP contribution in [0.15, 0.2) is 31.1 Å². The third-order valence-electron chi connectivity index (χ3n) is 4.54. The van der Waals surface area contributed by atoms with Gasteiger partial charge in [0.2, 0.25) is 0 Å². The predicted molar refractivity (Wildman–Crippen MR) is 102 cm³/mol. The molecular weight excluding hydrogens is 360 g/mol. The number of hydrogen-bond acceptors (Lipinski definition) is 8. The fraction of sp³-hybridized carbons (Fsp3) is 0.444. The average molecular weight is 382 g/mol. The van der Waals surface area contributed by atoms with Crippen LogP contribution in [-0.2, 0) is 11.3 Å². The third-order valence-corrected chi connectivity index (χ3v) is 4.54. The van der Waals surface area contributed by atoms with Crippen LogP contribution in [0.4, 0.5) is 5.82 Å². The van der Waals surface area contributed by atoms with Gasteiger partial charge >= 0.3 is 0 Å². The highest BCUT2D eigenvalue weighted by Gasteiger charge is 2.25. The zero-order valence-corrected chi connectivity index (χ0v) is 15.8. The fourth-order valence-electron chi connectivity index (χ4n) is 3.43. The molecule has 1 aliphatic rings. The maximum absolute atomic E-state index is 12.1. The van der Waals surface area contributed by atoms with Crippen molar-refractivity contribution in [1.29, 1.82) is 0 Å². The predicted octanol–water partition coefficient (Wildman–Crippen LogP) is 0.660. The summed E-state index contributed by atoms with van der Waals surface area (Å²) in [5, 5.41) is 8.15. The van der Waals surface area contributed by atoms with Crippen LogP contribution in [0.25, 0.3) is 11.0 Å². The molecular formula is C18H22N8O2. The smallest absolute Gasteiger partial charge is 0.271 e. The maximum Gasteiger partial charge on any atom is 0.271 e. The number of rotatable bonds is 5. The topological polar surface area (TPSA) is 111 Å². The summed E-state index contributed by atoms with van der Waals surface area (Å²) in [7, 11) is 0. The number of anilines is 1. The van der Waals surface area contributed by atoms with E-state index in [1.807, 2.05) is 0 Å². The van der Waals surface area contributed by atoms with E-state index in [0.29, 0.717) is 13.1 Å². The molecule has 3 aromatic heterocycles. The zero-order chi connectivity index (χ0) is 19.5. The van der Waals surface area contributed by atoms with Gasteiger partial charge in [0.05, 0.1) is 36.5 Å². The number of amides is 1. The molecule has 10 heteroatoms. The standard InChI is InChI=1S/C18H22N8O2/c1-12-9-25(10-13(2)28-12)16-14-7-24-26(17(14)23-11-22-16)6-5-21-18(27)15-8-19-3-4-20-15/h3-4,7-8,11-13H,5-6,9-10H2,1-2H3,(H,21,27). The summed E-state index contributed by atoms with van der Waals surface area (Å²) in [5.74, 6) is 0.595. The molecule has 4 heterocycles. The zero-order valence-electron chi connectivity index (χ0n) is 15.8. The minimum Gasteiger partial charge on any atom is -0.372 e. The number of nitrogens with one attached hydrogen (secondary N) is 1. The summed E-state index contributed by atoms with van der Waals surface area (Å²) >= 11 is 0. The molecule has 0 saturated carbocycles. The molecule has 2 unspecified atom stereocenters. The Hall–Kier alpha value is -3.14. The SMILES string of the molecule is CC1CN(c2ncnc3c2cnn3CCNC(=O)c2cnccn2)CC(C)O1. The van der Waals surface area contributed by atoms with E-state index < -0.39 is 0 Å². The van der Waals surface area contributed by atoms with E-state index in [4.69, 9.17) is 4.74 Å². The first kappa shape index (κ1) is 18.2. The second-order valence-electron chi connectivity index (χ2n) is 6.81. The first-order valence-electron chi connectivity index (χ1n) is 9.23. The van der Waals surface area contributed by atoms with E-state index in [1.54, 1.807) is 17.2 Å². The second kappa shape index (κ2) is 7.85. The largest absolute Gasteiger partial charge is 0.372 e. The molecule has 1 N–H and O–H groups in total. The Morgan fingerprint density at radius 1 is 1.18 bits per heavy atom. The van der Waals surface area contributed by atoms with Gasteiger partial charge in [-0.15, -0.1) is 0 Å². The second-order valence-corrected chi connectivity index (χ2v) is 6.81. The van der Waals surface area contributed by atoms with Crippen LogP contribution in [-0.4, -0.2) is 67.5 Å². The van der Waals surface area contributed by atoms with Crippen LogP contribution in [0.3, 0.4) is 0 Å². The monoisotopic (exact) mass is 382 g/mol. The fourth-order valence-corrected chi connectivity index (χ4v) is 3.43. The quantitative estimate of drug-likeness (QED) is 0.685. The Labute approximate surface area is 162 Å². The number of aromatic nitrogens is 6. The van der Waals surface area contributed by atoms with E-state index >= 15 is 0 Å². The van der Waals surface area contributed by atoms with E-state index in [0.717, 1.165) is 29.9 Å². The van der Waals surface area contributed by atoms with E-state index in [-0.39, 0.29) is 23.8 Å². The third kappa shape index (κ3) is 3.77. The summed E-state index contributed by atoms with van der Waals surface area (Å²) < 4.78 is 7.58. The molecule has 10 nitrogen and oxygen atoms in total. The molecule has 0 aliphatic carbocycles. The molecule has 0 radical (unpaired) electrons. The Balaban J connectivity index is 1.47. The molecule has 1 amide bonds. The molecule has 146 valence electrons. The molecule has 0 bridgehead atoms. The van der Waals surface area contributed by atoms with E-state index in [2.05, 4.69) is 49.1 Å². The van der Waals surface area contributed by atoms with Crippen molar-refractivity contribution in [3.63, 3.8) is 0 Å². The number of ether oxygens (including phenoxy) is 1. The van der Waals surface area contributed by atoms with Crippen molar-refractivity contribution in [3.8, 4) is 0 Å². The van der Waals surface area contributed by atoms with Crippen molar-refractivity contribution >= 4 is 22.8 Å². The Morgan fingerprint density at radius 3 is 2.75 bits per heavy atom. The lowest BCUT2D eigenvalue weighted by Crippen LogP contribution is -2.45. The number of carbonyl (C=O) groups excluding carboxylic acids is 1. The first-order chi connectivity index (χ1) is 13.6. The lowest BCUT2D eigenvalue weighted by atomic mass is 10.2. The first-order valence-corrected chi connectivity index (χ1v) is 9.23. The normalized spacial score (nSPS) is 19.7. The summed E-state index contributed by atoms with van der Waals surface area (Å²) in [6, 6.07) is 0. The molecule has 1 fully saturated rings. The summed E-state index contributed by atoms with van der Waals surface area (Å²) in [5.41, 5.74) is 1.03. The van der Waals surface area contributed by atoms with Crippen molar-refractivity contribution in [2.75, 3.05) is 24.5 Å². The van der Waals surface area contributed by atoms with Crippen LogP contribution in [0.5, 0.6) is 0 Å². The molecule has 1 saturated heterocycles. The minimum absolute atomic E-state index is 0.139. The molecule has 2 atom stereocenters. The Morgan fingerprint density at radius 2 is 2.00 bits per heavy atom. The number of carbonyl (C=O) groups is 1. The van der Waals surface area contributed by atoms with Crippen LogP contribution in [0.2, 0.25) is 0 Å². The van der Waals surface area contributed by atoms with Crippen LogP contribution in [0, 0.1) is 0 Å². The number of fused-ring (bicyclic) bond motifs is 1. The van der Waals surface area contributed by atoms with Crippen LogP contribution < -0.4 is 10.2 Å².